The van der Waals surface area contributed by atoms with Crippen molar-refractivity contribution in [3.05, 3.63) is 42.5 Å². The molecule has 0 amide bonds. The highest BCUT2D eigenvalue weighted by Crippen LogP contribution is 2.23. The minimum Gasteiger partial charge on any atom is -0.383 e. The van der Waals surface area contributed by atoms with Crippen molar-refractivity contribution < 1.29 is 0 Å². The molecule has 0 saturated carbocycles. The maximum absolute atomic E-state index is 9.08. The van der Waals surface area contributed by atoms with Crippen LogP contribution in [0.15, 0.2) is 36.9 Å². The number of rotatable bonds is 6. The number of nitriles is 1. The molecule has 0 bridgehead atoms. The van der Waals surface area contributed by atoms with Crippen LogP contribution in [0.1, 0.15) is 39.2 Å². The Balaban J connectivity index is 2.66. The highest BCUT2D eigenvalue weighted by Gasteiger charge is 2.19. The molecule has 1 atom stereocenters. The Bertz CT molecular complexity index is 423. The number of benzene rings is 1. The monoisotopic (exact) mass is 242 g/mol. The van der Waals surface area contributed by atoms with E-state index in [1.165, 1.54) is 0 Å². The lowest BCUT2D eigenvalue weighted by molar-refractivity contribution is 0.686. The van der Waals surface area contributed by atoms with Gasteiger partial charge in [-0.15, -0.1) is 6.58 Å². The van der Waals surface area contributed by atoms with Gasteiger partial charge in [0, 0.05) is 11.7 Å². The first-order valence-electron chi connectivity index (χ1n) is 6.39. The van der Waals surface area contributed by atoms with Crippen LogP contribution in [0.25, 0.3) is 0 Å². The molecule has 0 spiro atoms. The number of anilines is 1. The number of hydrogen-bond donors (Lipinski definition) is 1. The van der Waals surface area contributed by atoms with Crippen molar-refractivity contribution in [3.8, 4) is 6.07 Å². The van der Waals surface area contributed by atoms with Gasteiger partial charge < -0.3 is 5.32 Å². The van der Waals surface area contributed by atoms with Gasteiger partial charge in [0.25, 0.3) is 0 Å². The second-order valence-corrected chi connectivity index (χ2v) is 5.23. The summed E-state index contributed by atoms with van der Waals surface area (Å²) in [6.07, 6.45) is 4.04. The lowest BCUT2D eigenvalue weighted by Crippen LogP contribution is -2.16. The zero-order chi connectivity index (χ0) is 13.6. The van der Waals surface area contributed by atoms with Gasteiger partial charge in [-0.2, -0.15) is 5.26 Å². The Kier molecular flexibility index (Phi) is 4.97. The molecule has 0 heterocycles. The molecule has 0 aliphatic heterocycles. The third-order valence-electron chi connectivity index (χ3n) is 3.10. The minimum absolute atomic E-state index is 0.424. The molecule has 96 valence electrons. The van der Waals surface area contributed by atoms with Gasteiger partial charge in [-0.3, -0.25) is 0 Å². The van der Waals surface area contributed by atoms with E-state index in [4.69, 9.17) is 5.26 Å². The van der Waals surface area contributed by atoms with E-state index in [9.17, 15) is 0 Å². The van der Waals surface area contributed by atoms with Crippen LogP contribution in [-0.2, 0) is 5.41 Å². The van der Waals surface area contributed by atoms with Crippen LogP contribution in [0.3, 0.4) is 0 Å². The molecule has 0 radical (unpaired) electrons. The van der Waals surface area contributed by atoms with Gasteiger partial charge in [-0.1, -0.05) is 18.2 Å². The molecule has 0 aliphatic carbocycles. The molecule has 0 saturated heterocycles. The molecule has 2 heteroatoms. The summed E-state index contributed by atoms with van der Waals surface area (Å²) in [6, 6.07) is 10.9. The maximum Gasteiger partial charge on any atom is 0.0766 e. The second kappa shape index (κ2) is 6.26. The Labute approximate surface area is 110 Å². The summed E-state index contributed by atoms with van der Waals surface area (Å²) in [7, 11) is 0. The standard InChI is InChI=1S/C16H22N2/c1-5-6-7-13(2)18-15-10-8-14(9-11-15)16(3,4)12-17/h5,8-11,13,18H,1,6-7H2,2-4H3. The van der Waals surface area contributed by atoms with Crippen molar-refractivity contribution in [2.45, 2.75) is 45.1 Å². The summed E-state index contributed by atoms with van der Waals surface area (Å²) >= 11 is 0. The van der Waals surface area contributed by atoms with Crippen LogP contribution in [0.2, 0.25) is 0 Å². The smallest absolute Gasteiger partial charge is 0.0766 e. The Hall–Kier alpha value is -1.75. The second-order valence-electron chi connectivity index (χ2n) is 5.23. The Morgan fingerprint density at radius 3 is 2.50 bits per heavy atom. The molecular weight excluding hydrogens is 220 g/mol. The first-order valence-corrected chi connectivity index (χ1v) is 6.39. The number of nitrogens with one attached hydrogen (secondary N) is 1. The summed E-state index contributed by atoms with van der Waals surface area (Å²) in [4.78, 5) is 0. The predicted molar refractivity (Wildman–Crippen MR) is 77.6 cm³/mol. The van der Waals surface area contributed by atoms with Crippen molar-refractivity contribution in [3.63, 3.8) is 0 Å². The van der Waals surface area contributed by atoms with Gasteiger partial charge in [0.05, 0.1) is 11.5 Å². The van der Waals surface area contributed by atoms with E-state index in [0.717, 1.165) is 24.1 Å². The molecule has 0 aliphatic rings. The highest BCUT2D eigenvalue weighted by molar-refractivity contribution is 5.47. The first-order chi connectivity index (χ1) is 8.49. The number of nitrogens with zero attached hydrogens (tertiary/aromatic N) is 1. The van der Waals surface area contributed by atoms with E-state index in [1.807, 2.05) is 44.2 Å². The molecule has 1 N–H and O–H groups in total. The normalized spacial score (nSPS) is 12.6. The topological polar surface area (TPSA) is 35.8 Å². The predicted octanol–water partition coefficient (Wildman–Crippen LogP) is 4.25. The third kappa shape index (κ3) is 3.92. The fourth-order valence-corrected chi connectivity index (χ4v) is 1.77. The van der Waals surface area contributed by atoms with Crippen molar-refractivity contribution in [1.29, 1.82) is 5.26 Å². The summed E-state index contributed by atoms with van der Waals surface area (Å²) in [5.41, 5.74) is 1.73. The highest BCUT2D eigenvalue weighted by atomic mass is 14.9. The van der Waals surface area contributed by atoms with Crippen molar-refractivity contribution >= 4 is 5.69 Å². The summed E-state index contributed by atoms with van der Waals surface area (Å²) in [6.45, 7) is 9.76. The van der Waals surface area contributed by atoms with Gasteiger partial charge in [-0.25, -0.2) is 0 Å². The lowest BCUT2D eigenvalue weighted by Gasteiger charge is -2.18. The third-order valence-corrected chi connectivity index (χ3v) is 3.10. The first kappa shape index (κ1) is 14.3. The quantitative estimate of drug-likeness (QED) is 0.757. The number of allylic oxidation sites excluding steroid dienone is 1. The molecule has 1 aromatic carbocycles. The zero-order valence-electron chi connectivity index (χ0n) is 11.5. The molecule has 2 nitrogen and oxygen atoms in total. The van der Waals surface area contributed by atoms with Gasteiger partial charge in [-0.05, 0) is 51.3 Å². The van der Waals surface area contributed by atoms with Gasteiger partial charge in [0.1, 0.15) is 0 Å². The van der Waals surface area contributed by atoms with Crippen LogP contribution in [0.4, 0.5) is 5.69 Å². The van der Waals surface area contributed by atoms with Crippen LogP contribution < -0.4 is 5.32 Å². The van der Waals surface area contributed by atoms with E-state index in [0.29, 0.717) is 6.04 Å². The van der Waals surface area contributed by atoms with Crippen LogP contribution in [0.5, 0.6) is 0 Å². The molecule has 1 unspecified atom stereocenters. The maximum atomic E-state index is 9.08. The molecule has 1 rings (SSSR count). The van der Waals surface area contributed by atoms with E-state index in [-0.39, 0.29) is 0 Å². The lowest BCUT2D eigenvalue weighted by atomic mass is 9.86. The van der Waals surface area contributed by atoms with E-state index in [2.05, 4.69) is 24.9 Å². The molecule has 18 heavy (non-hydrogen) atoms. The van der Waals surface area contributed by atoms with Crippen molar-refractivity contribution in [2.24, 2.45) is 0 Å². The van der Waals surface area contributed by atoms with Gasteiger partial charge in [0.15, 0.2) is 0 Å². The van der Waals surface area contributed by atoms with Crippen molar-refractivity contribution in [2.75, 3.05) is 5.32 Å². The average Bonchev–Trinajstić information content (AvgIpc) is 2.37. The summed E-state index contributed by atoms with van der Waals surface area (Å²) in [5.74, 6) is 0. The molecule has 1 aromatic rings. The fourth-order valence-electron chi connectivity index (χ4n) is 1.77. The molecule has 0 fully saturated rings. The largest absolute Gasteiger partial charge is 0.383 e. The van der Waals surface area contributed by atoms with Gasteiger partial charge in [0.2, 0.25) is 0 Å². The summed E-state index contributed by atoms with van der Waals surface area (Å²) < 4.78 is 0. The van der Waals surface area contributed by atoms with Crippen LogP contribution in [0, 0.1) is 11.3 Å². The van der Waals surface area contributed by atoms with E-state index >= 15 is 0 Å². The van der Waals surface area contributed by atoms with E-state index in [1.54, 1.807) is 0 Å². The van der Waals surface area contributed by atoms with E-state index < -0.39 is 5.41 Å². The Morgan fingerprint density at radius 1 is 1.39 bits per heavy atom. The fraction of sp³-hybridized carbons (Fsp3) is 0.438. The summed E-state index contributed by atoms with van der Waals surface area (Å²) in [5, 5.41) is 12.5. The van der Waals surface area contributed by atoms with Crippen molar-refractivity contribution in [1.82, 2.24) is 0 Å². The average molecular weight is 242 g/mol. The van der Waals surface area contributed by atoms with Crippen LogP contribution in [-0.4, -0.2) is 6.04 Å². The van der Waals surface area contributed by atoms with Gasteiger partial charge >= 0.3 is 0 Å². The molecule has 0 aromatic heterocycles. The number of hydrogen-bond acceptors (Lipinski definition) is 2. The SMILES string of the molecule is C=CCCC(C)Nc1ccc(C(C)(C)C#N)cc1. The zero-order valence-corrected chi connectivity index (χ0v) is 11.5. The van der Waals surface area contributed by atoms with Crippen LogP contribution >= 0.6 is 0 Å². The Morgan fingerprint density at radius 2 is 2.00 bits per heavy atom. The minimum atomic E-state index is -0.424. The molecular formula is C16H22N2.